The number of hydrogen-bond acceptors (Lipinski definition) is 4. The molecule has 2 amide bonds. The number of nitrogens with zero attached hydrogens (tertiary/aromatic N) is 1. The van der Waals surface area contributed by atoms with E-state index in [9.17, 15) is 9.59 Å². The standard InChI is InChI=1S/C15H27N3O3/c1-11(2)15(13(16)19,12-3-9-21-10-4-12)14(20)18-7-5-17-6-8-18/h11-12,17H,3-10H2,1-2H3,(H2,16,19). The van der Waals surface area contributed by atoms with Crippen LogP contribution in [-0.2, 0) is 14.3 Å². The van der Waals surface area contributed by atoms with Gasteiger partial charge in [0.05, 0.1) is 0 Å². The summed E-state index contributed by atoms with van der Waals surface area (Å²) in [4.78, 5) is 27.3. The summed E-state index contributed by atoms with van der Waals surface area (Å²) in [5, 5.41) is 3.23. The van der Waals surface area contributed by atoms with Crippen molar-refractivity contribution >= 4 is 11.8 Å². The van der Waals surface area contributed by atoms with E-state index in [2.05, 4.69) is 5.32 Å². The first-order valence-corrected chi connectivity index (χ1v) is 7.89. The molecule has 6 heteroatoms. The van der Waals surface area contributed by atoms with E-state index >= 15 is 0 Å². The largest absolute Gasteiger partial charge is 0.381 e. The maximum Gasteiger partial charge on any atom is 0.238 e. The van der Waals surface area contributed by atoms with Crippen molar-refractivity contribution in [2.45, 2.75) is 26.7 Å². The Morgan fingerprint density at radius 3 is 2.29 bits per heavy atom. The van der Waals surface area contributed by atoms with Gasteiger partial charge in [-0.25, -0.2) is 0 Å². The number of rotatable bonds is 4. The van der Waals surface area contributed by atoms with Gasteiger partial charge in [0, 0.05) is 39.4 Å². The third-order valence-corrected chi connectivity index (χ3v) is 4.94. The van der Waals surface area contributed by atoms with E-state index in [1.807, 2.05) is 13.8 Å². The normalized spacial score (nSPS) is 23.9. The molecule has 0 radical (unpaired) electrons. The van der Waals surface area contributed by atoms with Gasteiger partial charge in [-0.3, -0.25) is 9.59 Å². The van der Waals surface area contributed by atoms with Crippen molar-refractivity contribution in [1.82, 2.24) is 10.2 Å². The summed E-state index contributed by atoms with van der Waals surface area (Å²) >= 11 is 0. The topological polar surface area (TPSA) is 84.7 Å². The second-order valence-electron chi connectivity index (χ2n) is 6.32. The van der Waals surface area contributed by atoms with Crippen LogP contribution in [0.3, 0.4) is 0 Å². The van der Waals surface area contributed by atoms with Gasteiger partial charge in [-0.15, -0.1) is 0 Å². The van der Waals surface area contributed by atoms with Crippen LogP contribution in [0.15, 0.2) is 0 Å². The molecule has 0 aromatic rings. The second kappa shape index (κ2) is 6.75. The number of hydrogen-bond donors (Lipinski definition) is 2. The van der Waals surface area contributed by atoms with Crippen molar-refractivity contribution in [3.63, 3.8) is 0 Å². The maximum absolute atomic E-state index is 13.2. The Kier molecular flexibility index (Phi) is 5.22. The van der Waals surface area contributed by atoms with Crippen LogP contribution in [0.1, 0.15) is 26.7 Å². The number of carbonyl (C=O) groups is 2. The van der Waals surface area contributed by atoms with Gasteiger partial charge >= 0.3 is 0 Å². The van der Waals surface area contributed by atoms with Crippen molar-refractivity contribution in [3.8, 4) is 0 Å². The van der Waals surface area contributed by atoms with E-state index in [0.29, 0.717) is 26.3 Å². The quantitative estimate of drug-likeness (QED) is 0.714. The first-order valence-electron chi connectivity index (χ1n) is 7.89. The van der Waals surface area contributed by atoms with E-state index in [1.54, 1.807) is 4.90 Å². The minimum absolute atomic E-state index is 0.0221. The van der Waals surface area contributed by atoms with Crippen molar-refractivity contribution in [1.29, 1.82) is 0 Å². The van der Waals surface area contributed by atoms with Crippen molar-refractivity contribution in [2.75, 3.05) is 39.4 Å². The van der Waals surface area contributed by atoms with Gasteiger partial charge in [-0.2, -0.15) is 0 Å². The minimum Gasteiger partial charge on any atom is -0.381 e. The highest BCUT2D eigenvalue weighted by Crippen LogP contribution is 2.43. The lowest BCUT2D eigenvalue weighted by Crippen LogP contribution is -2.61. The molecule has 0 spiro atoms. The molecule has 2 fully saturated rings. The zero-order chi connectivity index (χ0) is 15.5. The lowest BCUT2D eigenvalue weighted by Gasteiger charge is -2.45. The number of piperazine rings is 1. The Labute approximate surface area is 126 Å². The third-order valence-electron chi connectivity index (χ3n) is 4.94. The molecule has 2 rings (SSSR count). The van der Waals surface area contributed by atoms with Crippen molar-refractivity contribution < 1.29 is 14.3 Å². The zero-order valence-corrected chi connectivity index (χ0v) is 13.1. The van der Waals surface area contributed by atoms with Crippen LogP contribution in [0.2, 0.25) is 0 Å². The Hall–Kier alpha value is -1.14. The molecule has 2 heterocycles. The Balaban J connectivity index is 2.33. The highest BCUT2D eigenvalue weighted by Gasteiger charge is 2.54. The molecule has 3 N–H and O–H groups in total. The average molecular weight is 297 g/mol. The zero-order valence-electron chi connectivity index (χ0n) is 13.1. The van der Waals surface area contributed by atoms with Crippen LogP contribution in [0.5, 0.6) is 0 Å². The predicted octanol–water partition coefficient (Wildman–Crippen LogP) is -0.0275. The number of nitrogens with two attached hydrogens (primary N) is 1. The summed E-state index contributed by atoms with van der Waals surface area (Å²) in [6.07, 6.45) is 1.44. The molecule has 0 aromatic heterocycles. The minimum atomic E-state index is -1.10. The first-order chi connectivity index (χ1) is 10.0. The van der Waals surface area contributed by atoms with Crippen LogP contribution in [-0.4, -0.2) is 56.1 Å². The molecule has 0 aliphatic carbocycles. The first kappa shape index (κ1) is 16.2. The van der Waals surface area contributed by atoms with Gasteiger partial charge in [0.1, 0.15) is 5.41 Å². The SMILES string of the molecule is CC(C)C(C(N)=O)(C(=O)N1CCNCC1)C1CCOCC1. The van der Waals surface area contributed by atoms with Gasteiger partial charge < -0.3 is 20.7 Å². The number of carbonyl (C=O) groups excluding carboxylic acids is 2. The van der Waals surface area contributed by atoms with Crippen LogP contribution < -0.4 is 11.1 Å². The molecule has 2 saturated heterocycles. The van der Waals surface area contributed by atoms with E-state index in [1.165, 1.54) is 0 Å². The van der Waals surface area contributed by atoms with Gasteiger partial charge in [0.25, 0.3) is 0 Å². The summed E-state index contributed by atoms with van der Waals surface area (Å²) in [7, 11) is 0. The number of nitrogens with one attached hydrogen (secondary N) is 1. The summed E-state index contributed by atoms with van der Waals surface area (Å²) in [6, 6.07) is 0. The number of primary amides is 1. The highest BCUT2D eigenvalue weighted by atomic mass is 16.5. The lowest BCUT2D eigenvalue weighted by molar-refractivity contribution is -0.161. The molecular weight excluding hydrogens is 270 g/mol. The van der Waals surface area contributed by atoms with E-state index < -0.39 is 11.3 Å². The molecule has 0 bridgehead atoms. The Morgan fingerprint density at radius 1 is 1.24 bits per heavy atom. The molecule has 2 aliphatic rings. The van der Waals surface area contributed by atoms with Gasteiger partial charge in [0.15, 0.2) is 0 Å². The van der Waals surface area contributed by atoms with Gasteiger partial charge in [0.2, 0.25) is 11.8 Å². The van der Waals surface area contributed by atoms with Gasteiger partial charge in [-0.1, -0.05) is 13.8 Å². The Bertz CT molecular complexity index is 388. The average Bonchev–Trinajstić information content (AvgIpc) is 2.49. The maximum atomic E-state index is 13.2. The van der Waals surface area contributed by atoms with Crippen molar-refractivity contribution in [3.05, 3.63) is 0 Å². The fourth-order valence-corrected chi connectivity index (χ4v) is 3.77. The third kappa shape index (κ3) is 2.92. The molecule has 6 nitrogen and oxygen atoms in total. The molecule has 21 heavy (non-hydrogen) atoms. The highest BCUT2D eigenvalue weighted by molar-refractivity contribution is 6.05. The summed E-state index contributed by atoms with van der Waals surface area (Å²) in [5.74, 6) is -0.696. The lowest BCUT2D eigenvalue weighted by atomic mass is 9.63. The number of amides is 2. The fourth-order valence-electron chi connectivity index (χ4n) is 3.77. The summed E-state index contributed by atoms with van der Waals surface area (Å²) in [5.41, 5.74) is 4.67. The predicted molar refractivity (Wildman–Crippen MR) is 79.5 cm³/mol. The molecule has 1 atom stereocenters. The Morgan fingerprint density at radius 2 is 1.81 bits per heavy atom. The van der Waals surface area contributed by atoms with Crippen LogP contribution in [0, 0.1) is 17.3 Å². The van der Waals surface area contributed by atoms with Crippen molar-refractivity contribution in [2.24, 2.45) is 23.0 Å². The number of ether oxygens (including phenoxy) is 1. The second-order valence-corrected chi connectivity index (χ2v) is 6.32. The molecular formula is C15H27N3O3. The monoisotopic (exact) mass is 297 g/mol. The van der Waals surface area contributed by atoms with Crippen LogP contribution >= 0.6 is 0 Å². The molecule has 0 saturated carbocycles. The molecule has 2 aliphatic heterocycles. The summed E-state index contributed by atoms with van der Waals surface area (Å²) in [6.45, 7) is 7.88. The van der Waals surface area contributed by atoms with Gasteiger partial charge in [-0.05, 0) is 24.7 Å². The van der Waals surface area contributed by atoms with Crippen LogP contribution in [0.25, 0.3) is 0 Å². The van der Waals surface area contributed by atoms with E-state index in [0.717, 1.165) is 25.9 Å². The molecule has 0 aromatic carbocycles. The smallest absolute Gasteiger partial charge is 0.238 e. The van der Waals surface area contributed by atoms with E-state index in [-0.39, 0.29) is 17.7 Å². The molecule has 1 unspecified atom stereocenters. The van der Waals surface area contributed by atoms with E-state index in [4.69, 9.17) is 10.5 Å². The molecule has 120 valence electrons. The summed E-state index contributed by atoms with van der Waals surface area (Å²) < 4.78 is 5.39. The fraction of sp³-hybridized carbons (Fsp3) is 0.867. The van der Waals surface area contributed by atoms with Crippen LogP contribution in [0.4, 0.5) is 0 Å².